The first-order chi connectivity index (χ1) is 11.2. The summed E-state index contributed by atoms with van der Waals surface area (Å²) in [5.41, 5.74) is 4.27. The summed E-state index contributed by atoms with van der Waals surface area (Å²) < 4.78 is 11.1. The molecule has 0 atom stereocenters. The SMILES string of the molecule is COc1ccccc1-c1nnc(CNc2c(C)cccc2C)o1. The number of anilines is 1. The molecule has 0 saturated heterocycles. The molecule has 1 N–H and O–H groups in total. The van der Waals surface area contributed by atoms with Gasteiger partial charge >= 0.3 is 0 Å². The Hall–Kier alpha value is -2.82. The fourth-order valence-corrected chi connectivity index (χ4v) is 2.51. The zero-order valence-corrected chi connectivity index (χ0v) is 13.5. The van der Waals surface area contributed by atoms with E-state index in [-0.39, 0.29) is 0 Å². The number of nitrogens with zero attached hydrogens (tertiary/aromatic N) is 2. The van der Waals surface area contributed by atoms with E-state index in [1.807, 2.05) is 30.3 Å². The van der Waals surface area contributed by atoms with E-state index in [1.165, 1.54) is 11.1 Å². The van der Waals surface area contributed by atoms with Gasteiger partial charge in [-0.25, -0.2) is 0 Å². The Bertz CT molecular complexity index is 791. The summed E-state index contributed by atoms with van der Waals surface area (Å²) in [6, 6.07) is 13.8. The van der Waals surface area contributed by atoms with Crippen LogP contribution in [0.1, 0.15) is 17.0 Å². The van der Waals surface area contributed by atoms with Gasteiger partial charge in [-0.3, -0.25) is 0 Å². The van der Waals surface area contributed by atoms with Crippen LogP contribution in [0, 0.1) is 13.8 Å². The lowest BCUT2D eigenvalue weighted by Crippen LogP contribution is -2.03. The number of ether oxygens (including phenoxy) is 1. The van der Waals surface area contributed by atoms with Crippen LogP contribution in [-0.2, 0) is 6.54 Å². The molecular formula is C18H19N3O2. The molecule has 5 nitrogen and oxygen atoms in total. The topological polar surface area (TPSA) is 60.2 Å². The molecule has 0 fully saturated rings. The highest BCUT2D eigenvalue weighted by atomic mass is 16.5. The second-order valence-corrected chi connectivity index (χ2v) is 5.32. The Kier molecular flexibility index (Phi) is 4.28. The van der Waals surface area contributed by atoms with Gasteiger partial charge in [0.1, 0.15) is 5.75 Å². The van der Waals surface area contributed by atoms with Crippen molar-refractivity contribution in [2.45, 2.75) is 20.4 Å². The Morgan fingerprint density at radius 3 is 2.48 bits per heavy atom. The molecule has 1 aromatic heterocycles. The highest BCUT2D eigenvalue weighted by Crippen LogP contribution is 2.28. The predicted octanol–water partition coefficient (Wildman–Crippen LogP) is 3.97. The van der Waals surface area contributed by atoms with Gasteiger partial charge in [-0.1, -0.05) is 30.3 Å². The number of benzene rings is 2. The lowest BCUT2D eigenvalue weighted by molar-refractivity contribution is 0.413. The van der Waals surface area contributed by atoms with Crippen LogP contribution in [0.5, 0.6) is 5.75 Å². The van der Waals surface area contributed by atoms with Crippen LogP contribution in [-0.4, -0.2) is 17.3 Å². The van der Waals surface area contributed by atoms with E-state index in [9.17, 15) is 0 Å². The van der Waals surface area contributed by atoms with Crippen LogP contribution in [0.25, 0.3) is 11.5 Å². The molecule has 0 aliphatic rings. The van der Waals surface area contributed by atoms with Gasteiger partial charge in [0.2, 0.25) is 5.89 Å². The second kappa shape index (κ2) is 6.52. The first kappa shape index (κ1) is 15.1. The molecule has 0 aliphatic heterocycles. The predicted molar refractivity (Wildman–Crippen MR) is 89.5 cm³/mol. The third kappa shape index (κ3) is 3.18. The van der Waals surface area contributed by atoms with Crippen LogP contribution in [0.15, 0.2) is 46.9 Å². The number of nitrogens with one attached hydrogen (secondary N) is 1. The molecule has 3 rings (SSSR count). The van der Waals surface area contributed by atoms with Crippen molar-refractivity contribution in [3.8, 4) is 17.2 Å². The maximum absolute atomic E-state index is 5.75. The van der Waals surface area contributed by atoms with E-state index in [0.717, 1.165) is 11.3 Å². The molecule has 0 radical (unpaired) electrons. The van der Waals surface area contributed by atoms with Crippen molar-refractivity contribution in [1.29, 1.82) is 0 Å². The van der Waals surface area contributed by atoms with Crippen molar-refractivity contribution in [3.05, 3.63) is 59.5 Å². The third-order valence-corrected chi connectivity index (χ3v) is 3.70. The minimum atomic E-state index is 0.459. The van der Waals surface area contributed by atoms with Gasteiger partial charge in [0.15, 0.2) is 0 Å². The molecule has 0 aliphatic carbocycles. The molecule has 0 unspecified atom stereocenters. The highest BCUT2D eigenvalue weighted by molar-refractivity contribution is 5.62. The maximum Gasteiger partial charge on any atom is 0.251 e. The smallest absolute Gasteiger partial charge is 0.251 e. The maximum atomic E-state index is 5.75. The summed E-state index contributed by atoms with van der Waals surface area (Å²) in [5.74, 6) is 1.71. The van der Waals surface area contributed by atoms with Crippen LogP contribution < -0.4 is 10.1 Å². The Morgan fingerprint density at radius 1 is 1.00 bits per heavy atom. The second-order valence-electron chi connectivity index (χ2n) is 5.32. The summed E-state index contributed by atoms with van der Waals surface area (Å²) in [7, 11) is 1.62. The van der Waals surface area contributed by atoms with Gasteiger partial charge < -0.3 is 14.5 Å². The van der Waals surface area contributed by atoms with Gasteiger partial charge in [0, 0.05) is 5.69 Å². The fourth-order valence-electron chi connectivity index (χ4n) is 2.51. The number of hydrogen-bond acceptors (Lipinski definition) is 5. The average Bonchev–Trinajstić information content (AvgIpc) is 3.03. The summed E-state index contributed by atoms with van der Waals surface area (Å²) in [6.45, 7) is 4.63. The van der Waals surface area contributed by atoms with E-state index >= 15 is 0 Å². The normalized spacial score (nSPS) is 10.6. The monoisotopic (exact) mass is 309 g/mol. The van der Waals surface area contributed by atoms with Crippen molar-refractivity contribution < 1.29 is 9.15 Å². The van der Waals surface area contributed by atoms with Crippen molar-refractivity contribution in [2.75, 3.05) is 12.4 Å². The van der Waals surface area contributed by atoms with Crippen LogP contribution in [0.4, 0.5) is 5.69 Å². The zero-order valence-electron chi connectivity index (χ0n) is 13.5. The summed E-state index contributed by atoms with van der Waals surface area (Å²) in [4.78, 5) is 0. The van der Waals surface area contributed by atoms with Gasteiger partial charge in [0.25, 0.3) is 5.89 Å². The third-order valence-electron chi connectivity index (χ3n) is 3.70. The standard InChI is InChI=1S/C18H19N3O2/c1-12-7-6-8-13(2)17(12)19-11-16-20-21-18(23-16)14-9-4-5-10-15(14)22-3/h4-10,19H,11H2,1-3H3. The van der Waals surface area contributed by atoms with Crippen molar-refractivity contribution in [2.24, 2.45) is 0 Å². The molecule has 0 saturated carbocycles. The first-order valence-corrected chi connectivity index (χ1v) is 7.45. The van der Waals surface area contributed by atoms with Crippen LogP contribution in [0.3, 0.4) is 0 Å². The molecule has 0 bridgehead atoms. The highest BCUT2D eigenvalue weighted by Gasteiger charge is 2.13. The van der Waals surface area contributed by atoms with Crippen molar-refractivity contribution in [3.63, 3.8) is 0 Å². The molecule has 0 spiro atoms. The molecular weight excluding hydrogens is 290 g/mol. The number of aromatic nitrogens is 2. The summed E-state index contributed by atoms with van der Waals surface area (Å²) >= 11 is 0. The Balaban J connectivity index is 1.78. The molecule has 2 aromatic carbocycles. The van der Waals surface area contributed by atoms with Gasteiger partial charge in [-0.2, -0.15) is 0 Å². The zero-order chi connectivity index (χ0) is 16.2. The number of rotatable bonds is 5. The van der Waals surface area contributed by atoms with E-state index in [0.29, 0.717) is 24.1 Å². The molecule has 23 heavy (non-hydrogen) atoms. The summed E-state index contributed by atoms with van der Waals surface area (Å²) in [5, 5.41) is 11.6. The number of methoxy groups -OCH3 is 1. The van der Waals surface area contributed by atoms with E-state index in [2.05, 4.69) is 41.5 Å². The average molecular weight is 309 g/mol. The first-order valence-electron chi connectivity index (χ1n) is 7.45. The quantitative estimate of drug-likeness (QED) is 0.772. The van der Waals surface area contributed by atoms with Crippen LogP contribution in [0.2, 0.25) is 0 Å². The van der Waals surface area contributed by atoms with Crippen LogP contribution >= 0.6 is 0 Å². The van der Waals surface area contributed by atoms with Crippen molar-refractivity contribution >= 4 is 5.69 Å². The molecule has 118 valence electrons. The number of para-hydroxylation sites is 2. The van der Waals surface area contributed by atoms with E-state index < -0.39 is 0 Å². The van der Waals surface area contributed by atoms with E-state index in [1.54, 1.807) is 7.11 Å². The lowest BCUT2D eigenvalue weighted by atomic mass is 10.1. The van der Waals surface area contributed by atoms with E-state index in [4.69, 9.17) is 9.15 Å². The largest absolute Gasteiger partial charge is 0.496 e. The van der Waals surface area contributed by atoms with Gasteiger partial charge in [-0.15, -0.1) is 10.2 Å². The van der Waals surface area contributed by atoms with Gasteiger partial charge in [-0.05, 0) is 37.1 Å². The lowest BCUT2D eigenvalue weighted by Gasteiger charge is -2.10. The molecule has 5 heteroatoms. The summed E-state index contributed by atoms with van der Waals surface area (Å²) in [6.07, 6.45) is 0. The molecule has 1 heterocycles. The Labute approximate surface area is 135 Å². The molecule has 3 aromatic rings. The Morgan fingerprint density at radius 2 is 1.74 bits per heavy atom. The number of aryl methyl sites for hydroxylation is 2. The number of hydrogen-bond donors (Lipinski definition) is 1. The molecule has 0 amide bonds. The fraction of sp³-hybridized carbons (Fsp3) is 0.222. The van der Waals surface area contributed by atoms with Gasteiger partial charge in [0.05, 0.1) is 19.2 Å². The minimum absolute atomic E-state index is 0.459. The van der Waals surface area contributed by atoms with Crippen molar-refractivity contribution in [1.82, 2.24) is 10.2 Å². The minimum Gasteiger partial charge on any atom is -0.496 e.